The third-order valence-electron chi connectivity index (χ3n) is 4.84. The second kappa shape index (κ2) is 8.55. The van der Waals surface area contributed by atoms with Gasteiger partial charge >= 0.3 is 6.36 Å². The van der Waals surface area contributed by atoms with Crippen LogP contribution in [0.4, 0.5) is 30.4 Å². The molecule has 0 saturated carbocycles. The highest BCUT2D eigenvalue weighted by Crippen LogP contribution is 2.39. The Morgan fingerprint density at radius 1 is 1.23 bits per heavy atom. The van der Waals surface area contributed by atoms with Crippen molar-refractivity contribution in [1.29, 1.82) is 0 Å². The van der Waals surface area contributed by atoms with Gasteiger partial charge in [-0.25, -0.2) is 4.98 Å². The SMILES string of the molecule is CC/C=C(\CC)c1c(N2CC(C)(O)C2)ccnc1Nc1ccc(OC(F)(F)F)cc1. The Hall–Kier alpha value is -2.74. The van der Waals surface area contributed by atoms with Crippen molar-refractivity contribution in [2.45, 2.75) is 45.6 Å². The Kier molecular flexibility index (Phi) is 6.26. The normalized spacial score (nSPS) is 16.2. The number of pyridine rings is 1. The number of nitrogens with one attached hydrogen (secondary N) is 1. The smallest absolute Gasteiger partial charge is 0.406 e. The molecule has 0 atom stereocenters. The van der Waals surface area contributed by atoms with E-state index in [0.29, 0.717) is 24.6 Å². The topological polar surface area (TPSA) is 57.6 Å². The largest absolute Gasteiger partial charge is 0.573 e. The third-order valence-corrected chi connectivity index (χ3v) is 4.84. The van der Waals surface area contributed by atoms with Crippen molar-refractivity contribution in [2.75, 3.05) is 23.3 Å². The third kappa shape index (κ3) is 5.24. The van der Waals surface area contributed by atoms with Crippen molar-refractivity contribution in [3.63, 3.8) is 0 Å². The molecule has 3 rings (SSSR count). The van der Waals surface area contributed by atoms with E-state index in [9.17, 15) is 18.3 Å². The molecule has 1 aromatic carbocycles. The zero-order valence-electron chi connectivity index (χ0n) is 17.3. The van der Waals surface area contributed by atoms with Crippen LogP contribution in [0.3, 0.4) is 0 Å². The van der Waals surface area contributed by atoms with Crippen molar-refractivity contribution in [3.8, 4) is 5.75 Å². The van der Waals surface area contributed by atoms with E-state index in [1.54, 1.807) is 13.1 Å². The van der Waals surface area contributed by atoms with Gasteiger partial charge in [0, 0.05) is 36.2 Å². The minimum atomic E-state index is -4.72. The summed E-state index contributed by atoms with van der Waals surface area (Å²) in [4.78, 5) is 6.59. The molecule has 8 heteroatoms. The van der Waals surface area contributed by atoms with Crippen molar-refractivity contribution >= 4 is 22.8 Å². The van der Waals surface area contributed by atoms with Gasteiger partial charge in [0.25, 0.3) is 0 Å². The predicted molar refractivity (Wildman–Crippen MR) is 112 cm³/mol. The number of hydrogen-bond acceptors (Lipinski definition) is 5. The number of aromatic nitrogens is 1. The maximum atomic E-state index is 12.4. The van der Waals surface area contributed by atoms with E-state index < -0.39 is 12.0 Å². The number of aliphatic hydroxyl groups is 1. The van der Waals surface area contributed by atoms with Gasteiger partial charge in [-0.05, 0) is 55.7 Å². The predicted octanol–water partition coefficient (Wildman–Crippen LogP) is 5.50. The molecule has 5 nitrogen and oxygen atoms in total. The van der Waals surface area contributed by atoms with Crippen LogP contribution in [0.1, 0.15) is 39.2 Å². The fourth-order valence-electron chi connectivity index (χ4n) is 3.62. The van der Waals surface area contributed by atoms with Crippen LogP contribution in [0.15, 0.2) is 42.6 Å². The number of rotatable bonds is 7. The van der Waals surface area contributed by atoms with Gasteiger partial charge in [-0.1, -0.05) is 19.9 Å². The first-order chi connectivity index (χ1) is 14.1. The summed E-state index contributed by atoms with van der Waals surface area (Å²) in [5.41, 5.74) is 2.90. The number of ether oxygens (including phenoxy) is 1. The standard InChI is InChI=1S/C22H26F3N3O2/c1-4-6-15(5-2)19-18(28-13-21(3,29)14-28)11-12-26-20(19)27-16-7-9-17(10-8-16)30-22(23,24)25/h6-12,29H,4-5,13-14H2,1-3H3,(H,26,27)/b15-6+. The number of allylic oxidation sites excluding steroid dienone is 2. The average Bonchev–Trinajstić information content (AvgIpc) is 2.65. The minimum Gasteiger partial charge on any atom is -0.406 e. The van der Waals surface area contributed by atoms with E-state index in [4.69, 9.17) is 0 Å². The zero-order valence-corrected chi connectivity index (χ0v) is 17.3. The molecule has 1 fully saturated rings. The zero-order chi connectivity index (χ0) is 21.9. The Morgan fingerprint density at radius 2 is 1.90 bits per heavy atom. The Morgan fingerprint density at radius 3 is 2.43 bits per heavy atom. The summed E-state index contributed by atoms with van der Waals surface area (Å²) in [6.07, 6.45) is 0.762. The second-order valence-electron chi connectivity index (χ2n) is 7.60. The van der Waals surface area contributed by atoms with E-state index in [1.807, 2.05) is 6.07 Å². The first kappa shape index (κ1) is 22.0. The summed E-state index contributed by atoms with van der Waals surface area (Å²) in [6.45, 7) is 6.98. The van der Waals surface area contributed by atoms with Gasteiger partial charge in [0.15, 0.2) is 0 Å². The van der Waals surface area contributed by atoms with Gasteiger partial charge in [-0.15, -0.1) is 13.2 Å². The summed E-state index contributed by atoms with van der Waals surface area (Å²) >= 11 is 0. The lowest BCUT2D eigenvalue weighted by atomic mass is 9.93. The molecule has 0 bridgehead atoms. The highest BCUT2D eigenvalue weighted by molar-refractivity contribution is 5.86. The summed E-state index contributed by atoms with van der Waals surface area (Å²) in [5.74, 6) is 0.336. The Balaban J connectivity index is 1.93. The number of anilines is 3. The lowest BCUT2D eigenvalue weighted by Crippen LogP contribution is -2.60. The van der Waals surface area contributed by atoms with Crippen molar-refractivity contribution in [1.82, 2.24) is 4.98 Å². The molecule has 0 radical (unpaired) electrons. The maximum Gasteiger partial charge on any atom is 0.573 e. The second-order valence-corrected chi connectivity index (χ2v) is 7.60. The molecule has 0 amide bonds. The van der Waals surface area contributed by atoms with Crippen molar-refractivity contribution in [2.24, 2.45) is 0 Å². The Bertz CT molecular complexity index is 901. The van der Waals surface area contributed by atoms with Crippen LogP contribution in [0.5, 0.6) is 5.75 Å². The van der Waals surface area contributed by atoms with Crippen LogP contribution < -0.4 is 15.0 Å². The van der Waals surface area contributed by atoms with E-state index in [0.717, 1.165) is 29.7 Å². The fourth-order valence-corrected chi connectivity index (χ4v) is 3.62. The van der Waals surface area contributed by atoms with Crippen molar-refractivity contribution in [3.05, 3.63) is 48.2 Å². The number of benzene rings is 1. The minimum absolute atomic E-state index is 0.280. The summed E-state index contributed by atoms with van der Waals surface area (Å²) in [7, 11) is 0. The molecule has 1 aliphatic rings. The van der Waals surface area contributed by atoms with E-state index in [-0.39, 0.29) is 5.75 Å². The molecule has 1 saturated heterocycles. The van der Waals surface area contributed by atoms with Crippen LogP contribution in [-0.4, -0.2) is 35.1 Å². The molecule has 0 aliphatic carbocycles. The molecular weight excluding hydrogens is 395 g/mol. The summed E-state index contributed by atoms with van der Waals surface area (Å²) in [5, 5.41) is 13.4. The highest BCUT2D eigenvalue weighted by Gasteiger charge is 2.38. The van der Waals surface area contributed by atoms with Gasteiger partial charge < -0.3 is 20.1 Å². The molecule has 2 N–H and O–H groups in total. The van der Waals surface area contributed by atoms with Crippen LogP contribution in [0, 0.1) is 0 Å². The fraction of sp³-hybridized carbons (Fsp3) is 0.409. The van der Waals surface area contributed by atoms with E-state index >= 15 is 0 Å². The van der Waals surface area contributed by atoms with Gasteiger partial charge in [0.05, 0.1) is 5.60 Å². The van der Waals surface area contributed by atoms with Gasteiger partial charge in [-0.3, -0.25) is 0 Å². The molecule has 1 aromatic heterocycles. The molecule has 2 aromatic rings. The first-order valence-electron chi connectivity index (χ1n) is 9.90. The van der Waals surface area contributed by atoms with Crippen LogP contribution >= 0.6 is 0 Å². The van der Waals surface area contributed by atoms with Crippen LogP contribution in [0.2, 0.25) is 0 Å². The van der Waals surface area contributed by atoms with Gasteiger partial charge in [0.2, 0.25) is 0 Å². The maximum absolute atomic E-state index is 12.4. The lowest BCUT2D eigenvalue weighted by molar-refractivity contribution is -0.274. The summed E-state index contributed by atoms with van der Waals surface area (Å²) in [6, 6.07) is 7.48. The number of nitrogens with zero attached hydrogens (tertiary/aromatic N) is 2. The van der Waals surface area contributed by atoms with Gasteiger partial charge in [0.1, 0.15) is 11.6 Å². The molecule has 1 aliphatic heterocycles. The molecule has 0 unspecified atom stereocenters. The molecule has 0 spiro atoms. The molecule has 162 valence electrons. The quantitative estimate of drug-likeness (QED) is 0.618. The number of halogens is 3. The van der Waals surface area contributed by atoms with Crippen LogP contribution in [0.25, 0.3) is 5.57 Å². The molecule has 30 heavy (non-hydrogen) atoms. The van der Waals surface area contributed by atoms with Gasteiger partial charge in [-0.2, -0.15) is 0 Å². The van der Waals surface area contributed by atoms with Crippen LogP contribution in [-0.2, 0) is 0 Å². The number of β-amino-alcohol motifs (C(OH)–C–C–N with tert-alkyl or cyclic N) is 1. The van der Waals surface area contributed by atoms with E-state index in [2.05, 4.69) is 39.9 Å². The average molecular weight is 421 g/mol. The highest BCUT2D eigenvalue weighted by atomic mass is 19.4. The lowest BCUT2D eigenvalue weighted by Gasteiger charge is -2.46. The number of alkyl halides is 3. The monoisotopic (exact) mass is 421 g/mol. The summed E-state index contributed by atoms with van der Waals surface area (Å²) < 4.78 is 41.1. The van der Waals surface area contributed by atoms with Crippen molar-refractivity contribution < 1.29 is 23.0 Å². The van der Waals surface area contributed by atoms with E-state index in [1.165, 1.54) is 24.3 Å². The molecular formula is C22H26F3N3O2. The Labute approximate surface area is 174 Å². The molecule has 2 heterocycles. The number of hydrogen-bond donors (Lipinski definition) is 2. The first-order valence-corrected chi connectivity index (χ1v) is 9.90.